The Labute approximate surface area is 174 Å². The molecule has 0 unspecified atom stereocenters. The first-order valence-electron chi connectivity index (χ1n) is 9.14. The molecule has 1 heterocycles. The SMILES string of the molecule is Cc1ccc(C(=O)N2CCN(c3ccc(C(F)(F)F)cc3[N+](=O)[O-])CC2)cc1[N+](=O)[O-]. The van der Waals surface area contributed by atoms with Crippen LogP contribution >= 0.6 is 0 Å². The van der Waals surface area contributed by atoms with Crippen LogP contribution in [0, 0.1) is 27.2 Å². The number of anilines is 1. The maximum atomic E-state index is 12.9. The van der Waals surface area contributed by atoms with Crippen molar-refractivity contribution >= 4 is 23.0 Å². The Hall–Kier alpha value is -3.70. The van der Waals surface area contributed by atoms with Crippen molar-refractivity contribution in [2.75, 3.05) is 31.1 Å². The van der Waals surface area contributed by atoms with Gasteiger partial charge in [0.2, 0.25) is 0 Å². The molecule has 1 aliphatic heterocycles. The van der Waals surface area contributed by atoms with Gasteiger partial charge in [-0.15, -0.1) is 0 Å². The zero-order chi connectivity index (χ0) is 22.9. The van der Waals surface area contributed by atoms with Gasteiger partial charge in [0.05, 0.1) is 15.4 Å². The first kappa shape index (κ1) is 22.0. The smallest absolute Gasteiger partial charge is 0.362 e. The topological polar surface area (TPSA) is 110 Å². The van der Waals surface area contributed by atoms with Gasteiger partial charge >= 0.3 is 6.18 Å². The summed E-state index contributed by atoms with van der Waals surface area (Å²) in [5.74, 6) is -0.426. The lowest BCUT2D eigenvalue weighted by molar-refractivity contribution is -0.385. The number of nitro groups is 2. The van der Waals surface area contributed by atoms with Crippen molar-refractivity contribution < 1.29 is 27.8 Å². The number of nitrogens with zero attached hydrogens (tertiary/aromatic N) is 4. The molecular weight excluding hydrogens is 421 g/mol. The highest BCUT2D eigenvalue weighted by atomic mass is 19.4. The van der Waals surface area contributed by atoms with Gasteiger partial charge in [-0.05, 0) is 25.1 Å². The summed E-state index contributed by atoms with van der Waals surface area (Å²) in [6.07, 6.45) is -4.70. The highest BCUT2D eigenvalue weighted by Crippen LogP contribution is 2.36. The Morgan fingerprint density at radius 1 is 0.935 bits per heavy atom. The molecule has 9 nitrogen and oxygen atoms in total. The molecule has 1 saturated heterocycles. The highest BCUT2D eigenvalue weighted by Gasteiger charge is 2.34. The number of hydrogen-bond acceptors (Lipinski definition) is 6. The van der Waals surface area contributed by atoms with Gasteiger partial charge in [0.25, 0.3) is 17.3 Å². The maximum Gasteiger partial charge on any atom is 0.416 e. The predicted molar refractivity (Wildman–Crippen MR) is 104 cm³/mol. The van der Waals surface area contributed by atoms with Crippen LogP contribution in [0.4, 0.5) is 30.2 Å². The number of hydrogen-bond donors (Lipinski definition) is 0. The second-order valence-electron chi connectivity index (χ2n) is 7.00. The monoisotopic (exact) mass is 438 g/mol. The molecule has 0 bridgehead atoms. The molecule has 0 saturated carbocycles. The second-order valence-corrected chi connectivity index (χ2v) is 7.00. The Kier molecular flexibility index (Phi) is 5.82. The second kappa shape index (κ2) is 8.20. The fourth-order valence-electron chi connectivity index (χ4n) is 3.39. The van der Waals surface area contributed by atoms with Crippen LogP contribution in [-0.4, -0.2) is 46.8 Å². The van der Waals surface area contributed by atoms with E-state index < -0.39 is 33.2 Å². The Morgan fingerprint density at radius 3 is 2.10 bits per heavy atom. The number of alkyl halides is 3. The van der Waals surface area contributed by atoms with Gasteiger partial charge in [0.15, 0.2) is 0 Å². The van der Waals surface area contributed by atoms with Gasteiger partial charge in [-0.1, -0.05) is 6.07 Å². The average molecular weight is 438 g/mol. The van der Waals surface area contributed by atoms with Crippen molar-refractivity contribution in [3.8, 4) is 0 Å². The van der Waals surface area contributed by atoms with E-state index in [2.05, 4.69) is 0 Å². The van der Waals surface area contributed by atoms with E-state index in [1.54, 1.807) is 11.8 Å². The number of carbonyl (C=O) groups is 1. The maximum absolute atomic E-state index is 12.9. The molecule has 31 heavy (non-hydrogen) atoms. The summed E-state index contributed by atoms with van der Waals surface area (Å²) in [4.78, 5) is 36.7. The van der Waals surface area contributed by atoms with E-state index in [9.17, 15) is 38.2 Å². The molecule has 2 aromatic rings. The van der Waals surface area contributed by atoms with Gasteiger partial charge in [-0.3, -0.25) is 25.0 Å². The molecule has 1 aliphatic rings. The van der Waals surface area contributed by atoms with Crippen molar-refractivity contribution in [3.63, 3.8) is 0 Å². The number of amides is 1. The van der Waals surface area contributed by atoms with E-state index in [0.29, 0.717) is 11.6 Å². The number of aryl methyl sites for hydroxylation is 1. The van der Waals surface area contributed by atoms with E-state index in [1.807, 2.05) is 0 Å². The van der Waals surface area contributed by atoms with Crippen LogP contribution in [0.1, 0.15) is 21.5 Å². The van der Waals surface area contributed by atoms with Gasteiger partial charge in [0, 0.05) is 49.4 Å². The quantitative estimate of drug-likeness (QED) is 0.531. The summed E-state index contributed by atoms with van der Waals surface area (Å²) in [5, 5.41) is 22.4. The van der Waals surface area contributed by atoms with Crippen LogP contribution in [0.3, 0.4) is 0 Å². The van der Waals surface area contributed by atoms with Gasteiger partial charge in [-0.25, -0.2) is 0 Å². The summed E-state index contributed by atoms with van der Waals surface area (Å²) in [6.45, 7) is 2.18. The number of halogens is 3. The lowest BCUT2D eigenvalue weighted by Gasteiger charge is -2.36. The first-order chi connectivity index (χ1) is 14.5. The minimum Gasteiger partial charge on any atom is -0.362 e. The summed E-state index contributed by atoms with van der Waals surface area (Å²) >= 11 is 0. The number of nitro benzene ring substituents is 2. The fraction of sp³-hybridized carbons (Fsp3) is 0.316. The number of benzene rings is 2. The largest absolute Gasteiger partial charge is 0.416 e. The molecule has 1 fully saturated rings. The Morgan fingerprint density at radius 2 is 1.55 bits per heavy atom. The number of carbonyl (C=O) groups excluding carboxylic acids is 1. The third kappa shape index (κ3) is 4.57. The molecule has 0 aliphatic carbocycles. The average Bonchev–Trinajstić information content (AvgIpc) is 2.72. The van der Waals surface area contributed by atoms with E-state index in [4.69, 9.17) is 0 Å². The van der Waals surface area contributed by atoms with E-state index in [1.165, 1.54) is 23.1 Å². The third-order valence-electron chi connectivity index (χ3n) is 5.06. The molecule has 0 spiro atoms. The van der Waals surface area contributed by atoms with Crippen LogP contribution in [0.5, 0.6) is 0 Å². The van der Waals surface area contributed by atoms with Crippen molar-refractivity contribution in [1.82, 2.24) is 4.90 Å². The standard InChI is InChI=1S/C19H17F3N4O5/c1-12-2-3-13(10-16(12)25(28)29)18(27)24-8-6-23(7-9-24)15-5-4-14(19(20,21)22)11-17(15)26(30)31/h2-5,10-11H,6-9H2,1H3. The summed E-state index contributed by atoms with van der Waals surface area (Å²) < 4.78 is 38.7. The minimum atomic E-state index is -4.70. The van der Waals surface area contributed by atoms with Crippen LogP contribution in [0.15, 0.2) is 36.4 Å². The van der Waals surface area contributed by atoms with Crippen molar-refractivity contribution in [1.29, 1.82) is 0 Å². The normalized spacial score (nSPS) is 14.5. The van der Waals surface area contributed by atoms with Gasteiger partial charge in [-0.2, -0.15) is 13.2 Å². The van der Waals surface area contributed by atoms with Crippen molar-refractivity contribution in [3.05, 3.63) is 73.3 Å². The summed E-state index contributed by atoms with van der Waals surface area (Å²) in [6, 6.07) is 6.50. The third-order valence-corrected chi connectivity index (χ3v) is 5.06. The molecule has 2 aromatic carbocycles. The van der Waals surface area contributed by atoms with Crippen molar-refractivity contribution in [2.45, 2.75) is 13.1 Å². The number of rotatable bonds is 4. The van der Waals surface area contributed by atoms with Crippen LogP contribution in [0.2, 0.25) is 0 Å². The molecule has 164 valence electrons. The zero-order valence-corrected chi connectivity index (χ0v) is 16.3. The summed E-state index contributed by atoms with van der Waals surface area (Å²) in [7, 11) is 0. The lowest BCUT2D eigenvalue weighted by atomic mass is 10.1. The predicted octanol–water partition coefficient (Wildman–Crippen LogP) is 3.79. The van der Waals surface area contributed by atoms with Gasteiger partial charge < -0.3 is 9.80 Å². The molecular formula is C19H17F3N4O5. The molecule has 0 atom stereocenters. The zero-order valence-electron chi connectivity index (χ0n) is 16.3. The van der Waals surface area contributed by atoms with Crippen LogP contribution < -0.4 is 4.90 Å². The molecule has 12 heteroatoms. The Bertz CT molecular complexity index is 1050. The van der Waals surface area contributed by atoms with Crippen molar-refractivity contribution in [2.24, 2.45) is 0 Å². The first-order valence-corrected chi connectivity index (χ1v) is 9.14. The minimum absolute atomic E-state index is 0.0380. The molecule has 0 aromatic heterocycles. The van der Waals surface area contributed by atoms with Crippen LogP contribution in [0.25, 0.3) is 0 Å². The number of piperazine rings is 1. The van der Waals surface area contributed by atoms with E-state index in [-0.39, 0.29) is 43.1 Å². The van der Waals surface area contributed by atoms with E-state index in [0.717, 1.165) is 12.1 Å². The van der Waals surface area contributed by atoms with E-state index >= 15 is 0 Å². The molecule has 1 amide bonds. The van der Waals surface area contributed by atoms with Gasteiger partial charge in [0.1, 0.15) is 5.69 Å². The fourth-order valence-corrected chi connectivity index (χ4v) is 3.39. The molecule has 0 radical (unpaired) electrons. The van der Waals surface area contributed by atoms with Crippen LogP contribution in [-0.2, 0) is 6.18 Å². The highest BCUT2D eigenvalue weighted by molar-refractivity contribution is 5.95. The lowest BCUT2D eigenvalue weighted by Crippen LogP contribution is -2.49. The molecule has 3 rings (SSSR count). The molecule has 0 N–H and O–H groups in total. The Balaban J connectivity index is 1.77. The summed E-state index contributed by atoms with van der Waals surface area (Å²) in [5.41, 5.74) is -1.35.